The topological polar surface area (TPSA) is 49.4 Å². The maximum atomic E-state index is 11.6. The van der Waals surface area contributed by atoms with Gasteiger partial charge >= 0.3 is 0 Å². The fraction of sp³-hybridized carbons (Fsp3) is 0.538. The zero-order chi connectivity index (χ0) is 14.5. The molecule has 0 fully saturated rings. The Morgan fingerprint density at radius 1 is 1.26 bits per heavy atom. The van der Waals surface area contributed by atoms with Gasteiger partial charge in [-0.2, -0.15) is 0 Å². The van der Waals surface area contributed by atoms with Crippen LogP contribution in [-0.2, 0) is 10.0 Å². The third-order valence-electron chi connectivity index (χ3n) is 2.99. The lowest BCUT2D eigenvalue weighted by atomic mass is 10.1. The zero-order valence-electron chi connectivity index (χ0n) is 11.6. The first-order chi connectivity index (χ1) is 8.86. The molecule has 0 aromatic heterocycles. The van der Waals surface area contributed by atoms with E-state index in [2.05, 4.69) is 12.2 Å². The van der Waals surface area contributed by atoms with Gasteiger partial charge in [0.2, 0.25) is 10.0 Å². The third-order valence-corrected chi connectivity index (χ3v) is 5.07. The van der Waals surface area contributed by atoms with Crippen molar-refractivity contribution in [3.05, 3.63) is 34.9 Å². The summed E-state index contributed by atoms with van der Waals surface area (Å²) < 4.78 is 24.5. The monoisotopic (exact) mass is 304 g/mol. The smallest absolute Gasteiger partial charge is 0.214 e. The van der Waals surface area contributed by atoms with E-state index < -0.39 is 10.0 Å². The second kappa shape index (κ2) is 7.24. The van der Waals surface area contributed by atoms with Crippen molar-refractivity contribution >= 4 is 21.6 Å². The van der Waals surface area contributed by atoms with E-state index in [9.17, 15) is 8.42 Å². The number of sulfonamides is 1. The van der Waals surface area contributed by atoms with E-state index in [1.165, 1.54) is 4.31 Å². The summed E-state index contributed by atoms with van der Waals surface area (Å²) in [7, 11) is -0.0464. The Hall–Kier alpha value is -0.620. The van der Waals surface area contributed by atoms with Crippen LogP contribution in [0.15, 0.2) is 24.3 Å². The molecule has 4 nitrogen and oxygen atoms in total. The molecule has 0 saturated heterocycles. The van der Waals surface area contributed by atoms with Crippen LogP contribution in [0.5, 0.6) is 0 Å². The van der Waals surface area contributed by atoms with Crippen molar-refractivity contribution in [1.29, 1.82) is 0 Å². The molecular weight excluding hydrogens is 284 g/mol. The Morgan fingerprint density at radius 2 is 1.84 bits per heavy atom. The van der Waals surface area contributed by atoms with Gasteiger partial charge in [0, 0.05) is 31.7 Å². The molecule has 0 heterocycles. The number of nitrogens with zero attached hydrogens (tertiary/aromatic N) is 1. The molecule has 0 bridgehead atoms. The number of nitrogens with one attached hydrogen (secondary N) is 1. The highest BCUT2D eigenvalue weighted by Crippen LogP contribution is 2.18. The fourth-order valence-electron chi connectivity index (χ4n) is 1.74. The Balaban J connectivity index is 2.57. The van der Waals surface area contributed by atoms with Crippen molar-refractivity contribution in [2.45, 2.75) is 19.4 Å². The second-order valence-corrected chi connectivity index (χ2v) is 7.30. The minimum Gasteiger partial charge on any atom is -0.309 e. The number of halogens is 1. The van der Waals surface area contributed by atoms with Gasteiger partial charge in [-0.05, 0) is 24.1 Å². The summed E-state index contributed by atoms with van der Waals surface area (Å²) in [5.74, 6) is 0.101. The van der Waals surface area contributed by atoms with Gasteiger partial charge in [-0.3, -0.25) is 0 Å². The van der Waals surface area contributed by atoms with Crippen molar-refractivity contribution in [1.82, 2.24) is 9.62 Å². The van der Waals surface area contributed by atoms with Gasteiger partial charge in [0.15, 0.2) is 0 Å². The van der Waals surface area contributed by atoms with Crippen LogP contribution in [0.1, 0.15) is 24.9 Å². The maximum absolute atomic E-state index is 11.6. The molecule has 0 radical (unpaired) electrons. The van der Waals surface area contributed by atoms with Crippen LogP contribution in [-0.4, -0.2) is 39.1 Å². The lowest BCUT2D eigenvalue weighted by Gasteiger charge is -2.18. The van der Waals surface area contributed by atoms with Gasteiger partial charge < -0.3 is 5.32 Å². The van der Waals surface area contributed by atoms with E-state index in [4.69, 9.17) is 11.6 Å². The predicted molar refractivity (Wildman–Crippen MR) is 80.0 cm³/mol. The van der Waals surface area contributed by atoms with Crippen LogP contribution in [0.2, 0.25) is 5.02 Å². The van der Waals surface area contributed by atoms with Gasteiger partial charge in [0.05, 0.1) is 5.75 Å². The van der Waals surface area contributed by atoms with Crippen LogP contribution < -0.4 is 5.32 Å². The van der Waals surface area contributed by atoms with E-state index in [-0.39, 0.29) is 11.8 Å². The van der Waals surface area contributed by atoms with Crippen molar-refractivity contribution < 1.29 is 8.42 Å². The average molecular weight is 305 g/mol. The van der Waals surface area contributed by atoms with E-state index >= 15 is 0 Å². The average Bonchev–Trinajstić information content (AvgIpc) is 2.36. The van der Waals surface area contributed by atoms with Crippen molar-refractivity contribution in [2.75, 3.05) is 26.4 Å². The molecule has 1 aromatic carbocycles. The fourth-order valence-corrected chi connectivity index (χ4v) is 2.60. The van der Waals surface area contributed by atoms with Crippen LogP contribution >= 0.6 is 11.6 Å². The van der Waals surface area contributed by atoms with Gasteiger partial charge in [0.25, 0.3) is 0 Å². The lowest BCUT2D eigenvalue weighted by Crippen LogP contribution is -2.32. The molecular formula is C13H21ClN2O2S. The van der Waals surface area contributed by atoms with Crippen molar-refractivity contribution in [2.24, 2.45) is 0 Å². The largest absolute Gasteiger partial charge is 0.309 e. The number of hydrogen-bond donors (Lipinski definition) is 1. The van der Waals surface area contributed by atoms with E-state index in [1.807, 2.05) is 24.3 Å². The van der Waals surface area contributed by atoms with Gasteiger partial charge in [-0.25, -0.2) is 12.7 Å². The minimum atomic E-state index is -3.14. The molecule has 0 aliphatic rings. The molecule has 6 heteroatoms. The van der Waals surface area contributed by atoms with Gasteiger partial charge in [-0.1, -0.05) is 30.7 Å². The molecule has 0 aliphatic carbocycles. The van der Waals surface area contributed by atoms with Crippen LogP contribution in [0.4, 0.5) is 0 Å². The third kappa shape index (κ3) is 5.10. The molecule has 1 atom stereocenters. The summed E-state index contributed by atoms with van der Waals surface area (Å²) in [6.07, 6.45) is 0.893. The number of benzene rings is 1. The summed E-state index contributed by atoms with van der Waals surface area (Å²) in [6, 6.07) is 7.76. The first-order valence-corrected chi connectivity index (χ1v) is 8.24. The normalized spacial score (nSPS) is 13.7. The molecule has 19 heavy (non-hydrogen) atoms. The van der Waals surface area contributed by atoms with E-state index in [0.717, 1.165) is 12.0 Å². The van der Waals surface area contributed by atoms with Gasteiger partial charge in [-0.15, -0.1) is 0 Å². The first kappa shape index (κ1) is 16.4. The lowest BCUT2D eigenvalue weighted by molar-refractivity contribution is 0.503. The van der Waals surface area contributed by atoms with Crippen LogP contribution in [0.25, 0.3) is 0 Å². The number of hydrogen-bond acceptors (Lipinski definition) is 3. The van der Waals surface area contributed by atoms with Gasteiger partial charge in [0.1, 0.15) is 0 Å². The molecule has 0 saturated carbocycles. The van der Waals surface area contributed by atoms with Crippen molar-refractivity contribution in [3.8, 4) is 0 Å². The SMILES string of the molecule is CCC(NCCS(=O)(=O)N(C)C)c1ccc(Cl)cc1. The Morgan fingerprint density at radius 3 is 2.32 bits per heavy atom. The minimum absolute atomic E-state index is 0.101. The zero-order valence-corrected chi connectivity index (χ0v) is 13.1. The molecule has 0 spiro atoms. The molecule has 1 unspecified atom stereocenters. The molecule has 0 amide bonds. The van der Waals surface area contributed by atoms with E-state index in [1.54, 1.807) is 14.1 Å². The number of rotatable bonds is 7. The molecule has 1 rings (SSSR count). The summed E-state index contributed by atoms with van der Waals surface area (Å²) in [5, 5.41) is 3.97. The molecule has 1 N–H and O–H groups in total. The summed E-state index contributed by atoms with van der Waals surface area (Å²) in [5.41, 5.74) is 1.12. The van der Waals surface area contributed by atoms with Crippen LogP contribution in [0.3, 0.4) is 0 Å². The Kier molecular flexibility index (Phi) is 6.26. The Labute approximate surface area is 120 Å². The Bertz CT molecular complexity index is 486. The van der Waals surface area contributed by atoms with Crippen molar-refractivity contribution in [3.63, 3.8) is 0 Å². The summed E-state index contributed by atoms with van der Waals surface area (Å²) >= 11 is 5.85. The van der Waals surface area contributed by atoms with E-state index in [0.29, 0.717) is 11.6 Å². The summed E-state index contributed by atoms with van der Waals surface area (Å²) in [6.45, 7) is 2.49. The molecule has 1 aromatic rings. The predicted octanol–water partition coefficient (Wildman–Crippen LogP) is 2.27. The maximum Gasteiger partial charge on any atom is 0.214 e. The highest BCUT2D eigenvalue weighted by atomic mass is 35.5. The summed E-state index contributed by atoms with van der Waals surface area (Å²) in [4.78, 5) is 0. The van der Waals surface area contributed by atoms with Crippen LogP contribution in [0, 0.1) is 0 Å². The molecule has 0 aliphatic heterocycles. The quantitative estimate of drug-likeness (QED) is 0.841. The highest BCUT2D eigenvalue weighted by molar-refractivity contribution is 7.89. The standard InChI is InChI=1S/C13H21ClN2O2S/c1-4-13(11-5-7-12(14)8-6-11)15-9-10-19(17,18)16(2)3/h5-8,13,15H,4,9-10H2,1-3H3. The highest BCUT2D eigenvalue weighted by Gasteiger charge is 2.15. The first-order valence-electron chi connectivity index (χ1n) is 6.26. The second-order valence-electron chi connectivity index (χ2n) is 4.56. The molecule has 108 valence electrons.